The summed E-state index contributed by atoms with van der Waals surface area (Å²) in [6.45, 7) is 2.27. The summed E-state index contributed by atoms with van der Waals surface area (Å²) in [5.41, 5.74) is 2.42. The van der Waals surface area contributed by atoms with Crippen LogP contribution in [0, 0.1) is 6.92 Å². The quantitative estimate of drug-likeness (QED) is 0.858. The highest BCUT2D eigenvalue weighted by Gasteiger charge is 2.10. The van der Waals surface area contributed by atoms with Gasteiger partial charge in [0.05, 0.1) is 13.7 Å². The molecule has 2 rings (SSSR count). The molecule has 0 spiro atoms. The van der Waals surface area contributed by atoms with Gasteiger partial charge in [0.2, 0.25) is 5.91 Å². The SMILES string of the molecule is COc1cc(C(=O)NCC(=O)NCc2ccccc2)ccc1C. The number of ether oxygens (including phenoxy) is 1. The minimum absolute atomic E-state index is 0.0676. The monoisotopic (exact) mass is 312 g/mol. The summed E-state index contributed by atoms with van der Waals surface area (Å²) in [6.07, 6.45) is 0. The first-order chi connectivity index (χ1) is 11.1. The van der Waals surface area contributed by atoms with Gasteiger partial charge in [-0.15, -0.1) is 0 Å². The maximum absolute atomic E-state index is 12.1. The van der Waals surface area contributed by atoms with Crippen LogP contribution >= 0.6 is 0 Å². The number of hydrogen-bond donors (Lipinski definition) is 2. The van der Waals surface area contributed by atoms with Gasteiger partial charge in [0.1, 0.15) is 5.75 Å². The van der Waals surface area contributed by atoms with E-state index in [2.05, 4.69) is 10.6 Å². The molecule has 5 nitrogen and oxygen atoms in total. The topological polar surface area (TPSA) is 67.4 Å². The fourth-order valence-electron chi connectivity index (χ4n) is 2.08. The van der Waals surface area contributed by atoms with Gasteiger partial charge in [0.25, 0.3) is 5.91 Å². The largest absolute Gasteiger partial charge is 0.496 e. The van der Waals surface area contributed by atoms with Crippen LogP contribution < -0.4 is 15.4 Å². The molecule has 5 heteroatoms. The molecule has 0 saturated carbocycles. The van der Waals surface area contributed by atoms with E-state index in [1.165, 1.54) is 0 Å². The highest BCUT2D eigenvalue weighted by molar-refractivity contribution is 5.96. The summed E-state index contributed by atoms with van der Waals surface area (Å²) in [4.78, 5) is 23.8. The van der Waals surface area contributed by atoms with Crippen molar-refractivity contribution in [2.24, 2.45) is 0 Å². The average molecular weight is 312 g/mol. The first kappa shape index (κ1) is 16.5. The summed E-state index contributed by atoms with van der Waals surface area (Å²) in [5, 5.41) is 5.36. The Morgan fingerprint density at radius 2 is 1.78 bits per heavy atom. The summed E-state index contributed by atoms with van der Waals surface area (Å²) in [5.74, 6) is 0.102. The van der Waals surface area contributed by atoms with E-state index in [1.54, 1.807) is 19.2 Å². The van der Waals surface area contributed by atoms with Crippen LogP contribution in [0.25, 0.3) is 0 Å². The Morgan fingerprint density at radius 1 is 1.04 bits per heavy atom. The van der Waals surface area contributed by atoms with Gasteiger partial charge < -0.3 is 15.4 Å². The van der Waals surface area contributed by atoms with E-state index >= 15 is 0 Å². The van der Waals surface area contributed by atoms with Crippen LogP contribution in [0.2, 0.25) is 0 Å². The lowest BCUT2D eigenvalue weighted by molar-refractivity contribution is -0.120. The smallest absolute Gasteiger partial charge is 0.251 e. The first-order valence-corrected chi connectivity index (χ1v) is 7.33. The molecule has 0 aromatic heterocycles. The molecule has 0 saturated heterocycles. The van der Waals surface area contributed by atoms with Crippen molar-refractivity contribution in [1.29, 1.82) is 0 Å². The van der Waals surface area contributed by atoms with Crippen LogP contribution in [0.5, 0.6) is 5.75 Å². The summed E-state index contributed by atoms with van der Waals surface area (Å²) < 4.78 is 5.19. The summed E-state index contributed by atoms with van der Waals surface area (Å²) in [6, 6.07) is 14.8. The van der Waals surface area contributed by atoms with Crippen molar-refractivity contribution >= 4 is 11.8 Å². The fraction of sp³-hybridized carbons (Fsp3) is 0.222. The van der Waals surface area contributed by atoms with Gasteiger partial charge in [-0.05, 0) is 30.2 Å². The van der Waals surface area contributed by atoms with Crippen LogP contribution in [-0.4, -0.2) is 25.5 Å². The van der Waals surface area contributed by atoms with Crippen molar-refractivity contribution in [2.75, 3.05) is 13.7 Å². The number of benzene rings is 2. The molecule has 0 aliphatic heterocycles. The van der Waals surface area contributed by atoms with E-state index in [4.69, 9.17) is 4.74 Å². The van der Waals surface area contributed by atoms with Crippen LogP contribution in [0.15, 0.2) is 48.5 Å². The zero-order valence-corrected chi connectivity index (χ0v) is 13.3. The normalized spacial score (nSPS) is 10.0. The molecule has 2 N–H and O–H groups in total. The van der Waals surface area contributed by atoms with E-state index in [9.17, 15) is 9.59 Å². The molecule has 0 aliphatic carbocycles. The average Bonchev–Trinajstić information content (AvgIpc) is 2.59. The highest BCUT2D eigenvalue weighted by atomic mass is 16.5. The van der Waals surface area contributed by atoms with E-state index in [0.29, 0.717) is 17.9 Å². The fourth-order valence-corrected chi connectivity index (χ4v) is 2.08. The number of methoxy groups -OCH3 is 1. The second-order valence-electron chi connectivity index (χ2n) is 5.13. The van der Waals surface area contributed by atoms with Gasteiger partial charge in [-0.25, -0.2) is 0 Å². The zero-order valence-electron chi connectivity index (χ0n) is 13.3. The van der Waals surface area contributed by atoms with Crippen molar-refractivity contribution in [3.05, 3.63) is 65.2 Å². The van der Waals surface area contributed by atoms with Crippen LogP contribution in [0.3, 0.4) is 0 Å². The molecular formula is C18H20N2O3. The zero-order chi connectivity index (χ0) is 16.7. The Labute approximate surface area is 135 Å². The van der Waals surface area contributed by atoms with E-state index < -0.39 is 0 Å². The number of hydrogen-bond acceptors (Lipinski definition) is 3. The predicted molar refractivity (Wildman–Crippen MR) is 88.4 cm³/mol. The van der Waals surface area contributed by atoms with Crippen LogP contribution in [-0.2, 0) is 11.3 Å². The summed E-state index contributed by atoms with van der Waals surface area (Å²) in [7, 11) is 1.56. The van der Waals surface area contributed by atoms with E-state index in [-0.39, 0.29) is 18.4 Å². The molecule has 0 atom stereocenters. The van der Waals surface area contributed by atoms with Gasteiger partial charge in [-0.1, -0.05) is 36.4 Å². The third-order valence-corrected chi connectivity index (χ3v) is 3.41. The van der Waals surface area contributed by atoms with Crippen molar-refractivity contribution in [2.45, 2.75) is 13.5 Å². The Hall–Kier alpha value is -2.82. The van der Waals surface area contributed by atoms with Gasteiger partial charge >= 0.3 is 0 Å². The second-order valence-corrected chi connectivity index (χ2v) is 5.13. The Morgan fingerprint density at radius 3 is 2.48 bits per heavy atom. The van der Waals surface area contributed by atoms with Crippen LogP contribution in [0.4, 0.5) is 0 Å². The lowest BCUT2D eigenvalue weighted by atomic mass is 10.1. The van der Waals surface area contributed by atoms with Crippen molar-refractivity contribution in [3.63, 3.8) is 0 Å². The number of carbonyl (C=O) groups excluding carboxylic acids is 2. The molecule has 2 aromatic rings. The first-order valence-electron chi connectivity index (χ1n) is 7.33. The van der Waals surface area contributed by atoms with E-state index in [0.717, 1.165) is 11.1 Å². The number of nitrogens with one attached hydrogen (secondary N) is 2. The molecule has 0 bridgehead atoms. The highest BCUT2D eigenvalue weighted by Crippen LogP contribution is 2.18. The van der Waals surface area contributed by atoms with Crippen molar-refractivity contribution in [1.82, 2.24) is 10.6 Å². The maximum Gasteiger partial charge on any atom is 0.251 e. The molecule has 0 fully saturated rings. The summed E-state index contributed by atoms with van der Waals surface area (Å²) >= 11 is 0. The van der Waals surface area contributed by atoms with Gasteiger partial charge in [-0.3, -0.25) is 9.59 Å². The molecule has 0 radical (unpaired) electrons. The van der Waals surface area contributed by atoms with Crippen LogP contribution in [0.1, 0.15) is 21.5 Å². The molecule has 120 valence electrons. The Bertz CT molecular complexity index is 684. The predicted octanol–water partition coefficient (Wildman–Crippen LogP) is 2.05. The van der Waals surface area contributed by atoms with Crippen molar-refractivity contribution < 1.29 is 14.3 Å². The minimum atomic E-state index is -0.307. The number of amides is 2. The Kier molecular flexibility index (Phi) is 5.74. The molecule has 23 heavy (non-hydrogen) atoms. The minimum Gasteiger partial charge on any atom is -0.496 e. The molecule has 0 heterocycles. The molecule has 0 unspecified atom stereocenters. The lowest BCUT2D eigenvalue weighted by Gasteiger charge is -2.09. The van der Waals surface area contributed by atoms with Gasteiger partial charge in [-0.2, -0.15) is 0 Å². The Balaban J connectivity index is 1.83. The maximum atomic E-state index is 12.1. The van der Waals surface area contributed by atoms with E-state index in [1.807, 2.05) is 43.3 Å². The molecule has 2 aromatic carbocycles. The third kappa shape index (κ3) is 4.85. The number of aryl methyl sites for hydroxylation is 1. The number of rotatable bonds is 6. The second kappa shape index (κ2) is 7.98. The number of carbonyl (C=O) groups is 2. The molecular weight excluding hydrogens is 292 g/mol. The standard InChI is InChI=1S/C18H20N2O3/c1-13-8-9-15(10-16(13)23-2)18(22)20-12-17(21)19-11-14-6-4-3-5-7-14/h3-10H,11-12H2,1-2H3,(H,19,21)(H,20,22). The third-order valence-electron chi connectivity index (χ3n) is 3.41. The molecule has 2 amide bonds. The van der Waals surface area contributed by atoms with Crippen molar-refractivity contribution in [3.8, 4) is 5.75 Å². The van der Waals surface area contributed by atoms with Gasteiger partial charge in [0, 0.05) is 12.1 Å². The van der Waals surface area contributed by atoms with Gasteiger partial charge in [0.15, 0.2) is 0 Å². The molecule has 0 aliphatic rings. The lowest BCUT2D eigenvalue weighted by Crippen LogP contribution is -2.36.